The van der Waals surface area contributed by atoms with E-state index in [1.54, 1.807) is 7.11 Å². The lowest BCUT2D eigenvalue weighted by Gasteiger charge is -2.19. The molecule has 0 aliphatic heterocycles. The highest BCUT2D eigenvalue weighted by molar-refractivity contribution is 6.20. The molecule has 0 rings (SSSR count). The molecule has 6 radical (unpaired) electrons. The number of ether oxygens (including phenoxy) is 1. The maximum atomic E-state index is 5.51. The molecule has 0 saturated heterocycles. The molecule has 0 aliphatic carbocycles. The Kier molecular flexibility index (Phi) is 5.07. The molecule has 0 saturated carbocycles. The van der Waals surface area contributed by atoms with Crippen LogP contribution < -0.4 is 0 Å². The van der Waals surface area contributed by atoms with E-state index in [-0.39, 0.29) is 11.9 Å². The molecule has 0 aromatic heterocycles. The highest BCUT2D eigenvalue weighted by atomic mass is 16.5. The molecule has 0 aromatic rings. The summed E-state index contributed by atoms with van der Waals surface area (Å²) >= 11 is 0. The van der Waals surface area contributed by atoms with Crippen molar-refractivity contribution >= 4 is 23.5 Å². The first-order valence-electron chi connectivity index (χ1n) is 2.94. The van der Waals surface area contributed by atoms with Gasteiger partial charge in [-0.1, -0.05) is 18.5 Å². The van der Waals surface area contributed by atoms with E-state index in [1.807, 2.05) is 0 Å². The molecule has 4 heteroatoms. The minimum absolute atomic E-state index is 0.102. The second kappa shape index (κ2) is 4.98. The van der Waals surface area contributed by atoms with Gasteiger partial charge in [0.1, 0.15) is 0 Å². The fourth-order valence-corrected chi connectivity index (χ4v) is 0.598. The maximum absolute atomic E-state index is 5.51. The van der Waals surface area contributed by atoms with Gasteiger partial charge in [0.15, 0.2) is 0 Å². The lowest BCUT2D eigenvalue weighted by molar-refractivity contribution is 0.116. The van der Waals surface area contributed by atoms with Crippen molar-refractivity contribution in [1.29, 1.82) is 0 Å². The van der Waals surface area contributed by atoms with Crippen molar-refractivity contribution in [2.75, 3.05) is 7.11 Å². The zero-order valence-electron chi connectivity index (χ0n) is 5.71. The zero-order valence-corrected chi connectivity index (χ0v) is 5.71. The first kappa shape index (κ1) is 9.15. The standard InChI is InChI=1S/C5H9B3O/c1-9-5(3-7)4(8)2-6/h4-5H,2-3H2,1H3/t4-,5+/m0/s1. The lowest BCUT2D eigenvalue weighted by atomic mass is 9.70. The van der Waals surface area contributed by atoms with Gasteiger partial charge in [0, 0.05) is 13.2 Å². The Bertz CT molecular complexity index is 65.2. The van der Waals surface area contributed by atoms with Gasteiger partial charge in [-0.3, -0.25) is 0 Å². The van der Waals surface area contributed by atoms with Crippen LogP contribution in [0.5, 0.6) is 0 Å². The van der Waals surface area contributed by atoms with Crippen molar-refractivity contribution in [3.05, 3.63) is 0 Å². The van der Waals surface area contributed by atoms with Crippen LogP contribution >= 0.6 is 0 Å². The predicted octanol–water partition coefficient (Wildman–Crippen LogP) is 0.132. The Labute approximate surface area is 60.8 Å². The van der Waals surface area contributed by atoms with Crippen LogP contribution in [0.3, 0.4) is 0 Å². The Morgan fingerprint density at radius 2 is 1.89 bits per heavy atom. The monoisotopic (exact) mass is 118 g/mol. The summed E-state index contributed by atoms with van der Waals surface area (Å²) in [6.07, 6.45) is 0.736. The molecule has 0 amide bonds. The lowest BCUT2D eigenvalue weighted by Crippen LogP contribution is -2.17. The second-order valence-electron chi connectivity index (χ2n) is 1.91. The Hall–Kier alpha value is 0.155. The molecule has 9 heavy (non-hydrogen) atoms. The van der Waals surface area contributed by atoms with Crippen molar-refractivity contribution in [3.63, 3.8) is 0 Å². The SMILES string of the molecule is [B]C[C@H]([B])[C@@H](C[B])OC. The maximum Gasteiger partial charge on any atom is 0.0724 e. The molecule has 0 N–H and O–H groups in total. The molecule has 44 valence electrons. The molecule has 0 heterocycles. The fourth-order valence-electron chi connectivity index (χ4n) is 0.598. The van der Waals surface area contributed by atoms with Gasteiger partial charge in [-0.2, -0.15) is 0 Å². The average Bonchev–Trinajstić information content (AvgIpc) is 1.90. The number of hydrogen-bond acceptors (Lipinski definition) is 1. The van der Waals surface area contributed by atoms with Crippen molar-refractivity contribution < 1.29 is 4.74 Å². The summed E-state index contributed by atoms with van der Waals surface area (Å²) in [4.78, 5) is 0. The van der Waals surface area contributed by atoms with E-state index in [0.717, 1.165) is 0 Å². The van der Waals surface area contributed by atoms with E-state index in [2.05, 4.69) is 0 Å². The fraction of sp³-hybridized carbons (Fsp3) is 1.00. The summed E-state index contributed by atoms with van der Waals surface area (Å²) in [5.41, 5.74) is 0. The number of methoxy groups -OCH3 is 1. The van der Waals surface area contributed by atoms with E-state index in [4.69, 9.17) is 28.3 Å². The van der Waals surface area contributed by atoms with Crippen LogP contribution in [0.25, 0.3) is 0 Å². The number of hydrogen-bond donors (Lipinski definition) is 0. The normalized spacial score (nSPS) is 17.0. The summed E-state index contributed by atoms with van der Waals surface area (Å²) in [5, 5.41) is 0. The zero-order chi connectivity index (χ0) is 7.28. The highest BCUT2D eigenvalue weighted by Gasteiger charge is 2.09. The topological polar surface area (TPSA) is 9.23 Å². The van der Waals surface area contributed by atoms with Crippen LogP contribution in [0.4, 0.5) is 0 Å². The minimum atomic E-state index is -0.139. The molecule has 0 spiro atoms. The van der Waals surface area contributed by atoms with Gasteiger partial charge in [-0.05, 0) is 0 Å². The van der Waals surface area contributed by atoms with E-state index >= 15 is 0 Å². The third-order valence-electron chi connectivity index (χ3n) is 1.28. The molecule has 0 aromatic carbocycles. The number of rotatable bonds is 4. The van der Waals surface area contributed by atoms with Crippen molar-refractivity contribution in [1.82, 2.24) is 0 Å². The minimum Gasteiger partial charge on any atom is -0.383 e. The van der Waals surface area contributed by atoms with Crippen LogP contribution in [-0.4, -0.2) is 36.8 Å². The summed E-state index contributed by atoms with van der Waals surface area (Å²) in [6.45, 7) is 0. The Balaban J connectivity index is 3.50. The highest BCUT2D eigenvalue weighted by Crippen LogP contribution is 2.15. The molecule has 1 nitrogen and oxygen atoms in total. The Morgan fingerprint density at radius 1 is 1.33 bits per heavy atom. The smallest absolute Gasteiger partial charge is 0.0724 e. The molecule has 0 fully saturated rings. The van der Waals surface area contributed by atoms with Crippen molar-refractivity contribution in [3.8, 4) is 0 Å². The summed E-state index contributed by atoms with van der Waals surface area (Å²) in [7, 11) is 17.6. The molecule has 2 atom stereocenters. The van der Waals surface area contributed by atoms with Crippen LogP contribution in [0, 0.1) is 0 Å². The molecule has 0 aliphatic rings. The Morgan fingerprint density at radius 3 is 2.00 bits per heavy atom. The first-order chi connectivity index (χ1) is 4.26. The van der Waals surface area contributed by atoms with Crippen LogP contribution in [0.2, 0.25) is 18.5 Å². The van der Waals surface area contributed by atoms with Crippen LogP contribution in [-0.2, 0) is 4.74 Å². The van der Waals surface area contributed by atoms with Gasteiger partial charge in [0.05, 0.1) is 23.5 Å². The second-order valence-corrected chi connectivity index (χ2v) is 1.91. The predicted molar refractivity (Wildman–Crippen MR) is 41.4 cm³/mol. The first-order valence-corrected chi connectivity index (χ1v) is 2.94. The van der Waals surface area contributed by atoms with E-state index in [9.17, 15) is 0 Å². The van der Waals surface area contributed by atoms with E-state index < -0.39 is 0 Å². The molecular formula is C5H9B3O. The largest absolute Gasteiger partial charge is 0.383 e. The van der Waals surface area contributed by atoms with Gasteiger partial charge >= 0.3 is 0 Å². The third-order valence-corrected chi connectivity index (χ3v) is 1.28. The molecular weight excluding hydrogens is 108 g/mol. The van der Waals surface area contributed by atoms with Gasteiger partial charge in [-0.25, -0.2) is 0 Å². The molecule has 0 bridgehead atoms. The van der Waals surface area contributed by atoms with Gasteiger partial charge in [-0.15, -0.1) is 0 Å². The summed E-state index contributed by atoms with van der Waals surface area (Å²) in [6, 6.07) is 0. The van der Waals surface area contributed by atoms with E-state index in [0.29, 0.717) is 12.6 Å². The van der Waals surface area contributed by atoms with Crippen LogP contribution in [0.1, 0.15) is 0 Å². The van der Waals surface area contributed by atoms with Crippen molar-refractivity contribution in [2.45, 2.75) is 24.6 Å². The van der Waals surface area contributed by atoms with E-state index in [1.165, 1.54) is 0 Å². The quantitative estimate of drug-likeness (QED) is 0.476. The summed E-state index contributed by atoms with van der Waals surface area (Å²) in [5.74, 6) is -0.139. The van der Waals surface area contributed by atoms with Gasteiger partial charge < -0.3 is 4.74 Å². The average molecular weight is 118 g/mol. The molecule has 0 unspecified atom stereocenters. The van der Waals surface area contributed by atoms with Gasteiger partial charge in [0.25, 0.3) is 0 Å². The van der Waals surface area contributed by atoms with Gasteiger partial charge in [0.2, 0.25) is 0 Å². The van der Waals surface area contributed by atoms with Crippen molar-refractivity contribution in [2.24, 2.45) is 0 Å². The summed E-state index contributed by atoms with van der Waals surface area (Å²) < 4.78 is 4.92. The third kappa shape index (κ3) is 3.00. The van der Waals surface area contributed by atoms with Crippen LogP contribution in [0.15, 0.2) is 0 Å².